The molecule has 1 aromatic carbocycles. The van der Waals surface area contributed by atoms with Gasteiger partial charge in [0, 0.05) is 18.8 Å². The van der Waals surface area contributed by atoms with Gasteiger partial charge in [0.1, 0.15) is 0 Å². The van der Waals surface area contributed by atoms with Gasteiger partial charge in [0.05, 0.1) is 0 Å². The molecule has 0 saturated carbocycles. The van der Waals surface area contributed by atoms with Gasteiger partial charge in [0.2, 0.25) is 0 Å². The molecule has 1 heterocycles. The molecular weight excluding hydrogens is 206 g/mol. The number of rotatable bonds is 2. The third-order valence-electron chi connectivity index (χ3n) is 3.15. The zero-order valence-corrected chi connectivity index (χ0v) is 11.4. The lowest BCUT2D eigenvalue weighted by atomic mass is 9.99. The number of hydrogen-bond acceptors (Lipinski definition) is 1. The Balaban J connectivity index is 0.000000686. The Morgan fingerprint density at radius 3 is 2.47 bits per heavy atom. The first-order chi connectivity index (χ1) is 8.27. The summed E-state index contributed by atoms with van der Waals surface area (Å²) in [7, 11) is 0. The van der Waals surface area contributed by atoms with Gasteiger partial charge in [-0.3, -0.25) is 0 Å². The molecule has 1 saturated heterocycles. The van der Waals surface area contributed by atoms with Crippen molar-refractivity contribution in [1.82, 2.24) is 4.90 Å². The minimum atomic E-state index is 0.805. The van der Waals surface area contributed by atoms with Crippen molar-refractivity contribution in [3.63, 3.8) is 0 Å². The highest BCUT2D eigenvalue weighted by atomic mass is 15.1. The molecule has 0 N–H and O–H groups in total. The van der Waals surface area contributed by atoms with E-state index in [2.05, 4.69) is 48.7 Å². The lowest BCUT2D eigenvalue weighted by Gasteiger charge is -2.34. The molecule has 1 fully saturated rings. The fraction of sp³-hybridized carbons (Fsp3) is 0.500. The first-order valence-corrected chi connectivity index (χ1v) is 6.76. The summed E-state index contributed by atoms with van der Waals surface area (Å²) in [6.07, 6.45) is 2.66. The van der Waals surface area contributed by atoms with Crippen LogP contribution >= 0.6 is 0 Å². The van der Waals surface area contributed by atoms with E-state index in [0.717, 1.165) is 19.0 Å². The lowest BCUT2D eigenvalue weighted by Crippen LogP contribution is -2.32. The Bertz CT molecular complexity index is 329. The van der Waals surface area contributed by atoms with Crippen LogP contribution in [-0.4, -0.2) is 18.0 Å². The Morgan fingerprint density at radius 1 is 1.24 bits per heavy atom. The Labute approximate surface area is 106 Å². The van der Waals surface area contributed by atoms with Crippen LogP contribution in [0, 0.1) is 5.92 Å². The van der Waals surface area contributed by atoms with E-state index < -0.39 is 0 Å². The largest absolute Gasteiger partial charge is 0.371 e. The summed E-state index contributed by atoms with van der Waals surface area (Å²) in [5, 5.41) is 0. The molecule has 1 heteroatoms. The predicted octanol–water partition coefficient (Wildman–Crippen LogP) is 4.42. The van der Waals surface area contributed by atoms with Crippen molar-refractivity contribution in [3.05, 3.63) is 42.5 Å². The monoisotopic (exact) mass is 231 g/mol. The van der Waals surface area contributed by atoms with Gasteiger partial charge in [0.25, 0.3) is 0 Å². The standard InChI is InChI=1S/C14H19N.C2H6/c1-12-7-6-10-15(11-12)13(2)14-8-4-3-5-9-14;1-2/h3-5,8-9,12H,2,6-7,10-11H2,1H3;1-2H3/t12-;/m1./s1. The maximum Gasteiger partial charge on any atom is 0.0366 e. The highest BCUT2D eigenvalue weighted by molar-refractivity contribution is 5.61. The van der Waals surface area contributed by atoms with Gasteiger partial charge < -0.3 is 4.90 Å². The van der Waals surface area contributed by atoms with Crippen LogP contribution in [0.15, 0.2) is 36.9 Å². The second-order valence-corrected chi connectivity index (χ2v) is 4.51. The van der Waals surface area contributed by atoms with Crippen LogP contribution in [0.2, 0.25) is 0 Å². The van der Waals surface area contributed by atoms with Crippen LogP contribution in [0.4, 0.5) is 0 Å². The lowest BCUT2D eigenvalue weighted by molar-refractivity contribution is 0.261. The second kappa shape index (κ2) is 7.16. The molecule has 0 spiro atoms. The number of benzene rings is 1. The first-order valence-electron chi connectivity index (χ1n) is 6.76. The molecule has 0 aromatic heterocycles. The molecule has 1 aliphatic rings. The zero-order valence-electron chi connectivity index (χ0n) is 11.4. The van der Waals surface area contributed by atoms with Crippen LogP contribution < -0.4 is 0 Å². The highest BCUT2D eigenvalue weighted by Crippen LogP contribution is 2.24. The maximum atomic E-state index is 4.21. The average molecular weight is 231 g/mol. The van der Waals surface area contributed by atoms with Crippen molar-refractivity contribution in [2.75, 3.05) is 13.1 Å². The quantitative estimate of drug-likeness (QED) is 0.728. The molecule has 1 atom stereocenters. The van der Waals surface area contributed by atoms with Crippen molar-refractivity contribution in [2.24, 2.45) is 5.92 Å². The number of piperidine rings is 1. The zero-order chi connectivity index (χ0) is 12.7. The van der Waals surface area contributed by atoms with E-state index in [1.165, 1.54) is 24.1 Å². The molecule has 0 amide bonds. The van der Waals surface area contributed by atoms with Gasteiger partial charge in [-0.25, -0.2) is 0 Å². The van der Waals surface area contributed by atoms with Crippen molar-refractivity contribution in [1.29, 1.82) is 0 Å². The molecule has 1 aliphatic heterocycles. The summed E-state index contributed by atoms with van der Waals surface area (Å²) < 4.78 is 0. The Kier molecular flexibility index (Phi) is 5.82. The highest BCUT2D eigenvalue weighted by Gasteiger charge is 2.17. The van der Waals surface area contributed by atoms with Crippen molar-refractivity contribution >= 4 is 5.70 Å². The van der Waals surface area contributed by atoms with Gasteiger partial charge in [-0.1, -0.05) is 57.7 Å². The van der Waals surface area contributed by atoms with E-state index in [1.807, 2.05) is 13.8 Å². The molecule has 17 heavy (non-hydrogen) atoms. The maximum absolute atomic E-state index is 4.21. The van der Waals surface area contributed by atoms with Crippen molar-refractivity contribution in [3.8, 4) is 0 Å². The summed E-state index contributed by atoms with van der Waals surface area (Å²) in [5.41, 5.74) is 2.44. The van der Waals surface area contributed by atoms with Gasteiger partial charge in [0.15, 0.2) is 0 Å². The summed E-state index contributed by atoms with van der Waals surface area (Å²) in [5.74, 6) is 0.805. The third-order valence-corrected chi connectivity index (χ3v) is 3.15. The minimum absolute atomic E-state index is 0.805. The summed E-state index contributed by atoms with van der Waals surface area (Å²) in [6, 6.07) is 10.5. The number of hydrogen-bond donors (Lipinski definition) is 0. The molecule has 94 valence electrons. The molecule has 0 unspecified atom stereocenters. The summed E-state index contributed by atoms with van der Waals surface area (Å²) in [4.78, 5) is 2.42. The summed E-state index contributed by atoms with van der Waals surface area (Å²) >= 11 is 0. The van der Waals surface area contributed by atoms with Crippen LogP contribution in [-0.2, 0) is 0 Å². The Morgan fingerprint density at radius 2 is 1.88 bits per heavy atom. The SMILES string of the molecule is C=C(c1ccccc1)N1CCC[C@@H](C)C1.CC. The van der Waals surface area contributed by atoms with Crippen LogP contribution in [0.5, 0.6) is 0 Å². The third kappa shape index (κ3) is 3.92. The second-order valence-electron chi connectivity index (χ2n) is 4.51. The Hall–Kier alpha value is -1.24. The first kappa shape index (κ1) is 13.8. The normalized spacial score (nSPS) is 19.2. The van der Waals surface area contributed by atoms with E-state index in [-0.39, 0.29) is 0 Å². The molecule has 0 aliphatic carbocycles. The topological polar surface area (TPSA) is 3.24 Å². The fourth-order valence-electron chi connectivity index (χ4n) is 2.25. The average Bonchev–Trinajstić information content (AvgIpc) is 2.41. The number of likely N-dealkylation sites (tertiary alicyclic amines) is 1. The summed E-state index contributed by atoms with van der Waals surface area (Å²) in [6.45, 7) is 12.9. The number of nitrogens with zero attached hydrogens (tertiary/aromatic N) is 1. The van der Waals surface area contributed by atoms with E-state index in [1.54, 1.807) is 0 Å². The smallest absolute Gasteiger partial charge is 0.0366 e. The van der Waals surface area contributed by atoms with Crippen molar-refractivity contribution < 1.29 is 0 Å². The van der Waals surface area contributed by atoms with E-state index in [4.69, 9.17) is 0 Å². The van der Waals surface area contributed by atoms with E-state index >= 15 is 0 Å². The molecule has 2 rings (SSSR count). The fourth-order valence-corrected chi connectivity index (χ4v) is 2.25. The molecule has 0 bridgehead atoms. The minimum Gasteiger partial charge on any atom is -0.371 e. The van der Waals surface area contributed by atoms with E-state index in [9.17, 15) is 0 Å². The van der Waals surface area contributed by atoms with Crippen LogP contribution in [0.3, 0.4) is 0 Å². The van der Waals surface area contributed by atoms with E-state index in [0.29, 0.717) is 0 Å². The molecular formula is C16H25N. The van der Waals surface area contributed by atoms with Crippen LogP contribution in [0.1, 0.15) is 39.2 Å². The predicted molar refractivity (Wildman–Crippen MR) is 76.8 cm³/mol. The van der Waals surface area contributed by atoms with Gasteiger partial charge in [-0.05, 0) is 24.3 Å². The molecule has 0 radical (unpaired) electrons. The van der Waals surface area contributed by atoms with Gasteiger partial charge in [-0.15, -0.1) is 0 Å². The van der Waals surface area contributed by atoms with Crippen LogP contribution in [0.25, 0.3) is 5.70 Å². The molecule has 1 nitrogen and oxygen atoms in total. The van der Waals surface area contributed by atoms with Gasteiger partial charge >= 0.3 is 0 Å². The van der Waals surface area contributed by atoms with Gasteiger partial charge in [-0.2, -0.15) is 0 Å². The van der Waals surface area contributed by atoms with Crippen molar-refractivity contribution in [2.45, 2.75) is 33.6 Å². The molecule has 1 aromatic rings.